The topological polar surface area (TPSA) is 107 Å². The number of ether oxygens (including phenoxy) is 1. The van der Waals surface area contributed by atoms with Gasteiger partial charge in [-0.15, -0.1) is 11.3 Å². The van der Waals surface area contributed by atoms with Crippen molar-refractivity contribution in [2.24, 2.45) is 0 Å². The first-order valence-corrected chi connectivity index (χ1v) is 16.4. The molecule has 1 saturated heterocycles. The lowest BCUT2D eigenvalue weighted by Crippen LogP contribution is -2.46. The molecule has 1 aromatic heterocycles. The predicted molar refractivity (Wildman–Crippen MR) is 159 cm³/mol. The average Bonchev–Trinajstić information content (AvgIpc) is 3.56. The van der Waals surface area contributed by atoms with E-state index in [1.807, 2.05) is 43.5 Å². The second-order valence-electron chi connectivity index (χ2n) is 9.51. The van der Waals surface area contributed by atoms with Gasteiger partial charge in [-0.1, -0.05) is 18.2 Å². The molecule has 5 rings (SSSR count). The lowest BCUT2D eigenvalue weighted by atomic mass is 10.0. The summed E-state index contributed by atoms with van der Waals surface area (Å²) in [5, 5.41) is 13.7. The summed E-state index contributed by atoms with van der Waals surface area (Å²) in [7, 11) is -3.39. The van der Waals surface area contributed by atoms with Crippen LogP contribution in [-0.4, -0.2) is 60.9 Å². The number of rotatable bonds is 9. The molecular formula is C27H30IN5O3S2. The van der Waals surface area contributed by atoms with Crippen molar-refractivity contribution >= 4 is 44.0 Å². The van der Waals surface area contributed by atoms with Crippen molar-refractivity contribution in [1.82, 2.24) is 19.9 Å². The summed E-state index contributed by atoms with van der Waals surface area (Å²) in [6.45, 7) is 6.05. The molecule has 0 saturated carbocycles. The molecule has 38 heavy (non-hydrogen) atoms. The number of nitrogens with zero attached hydrogens (tertiary/aromatic N) is 3. The zero-order valence-corrected chi connectivity index (χ0v) is 24.9. The van der Waals surface area contributed by atoms with Crippen molar-refractivity contribution in [2.45, 2.75) is 29.9 Å². The van der Waals surface area contributed by atoms with Gasteiger partial charge in [0, 0.05) is 50.5 Å². The summed E-state index contributed by atoms with van der Waals surface area (Å²) in [5.41, 5.74) is 4.66. The van der Waals surface area contributed by atoms with E-state index in [2.05, 4.69) is 54.6 Å². The number of hydrogen-bond donors (Lipinski definition) is 2. The highest BCUT2D eigenvalue weighted by atomic mass is 127. The number of piperazine rings is 1. The Morgan fingerprint density at radius 3 is 2.89 bits per heavy atom. The van der Waals surface area contributed by atoms with Crippen LogP contribution in [0.1, 0.15) is 36.1 Å². The van der Waals surface area contributed by atoms with Gasteiger partial charge < -0.3 is 10.1 Å². The Labute approximate surface area is 241 Å². The molecule has 8 nitrogen and oxygen atoms in total. The fourth-order valence-corrected chi connectivity index (χ4v) is 7.56. The van der Waals surface area contributed by atoms with Gasteiger partial charge in [-0.25, -0.2) is 18.1 Å². The molecule has 0 radical (unpaired) electrons. The Kier molecular flexibility index (Phi) is 8.66. The first-order valence-electron chi connectivity index (χ1n) is 12.7. The van der Waals surface area contributed by atoms with Gasteiger partial charge in [0.05, 0.1) is 16.2 Å². The summed E-state index contributed by atoms with van der Waals surface area (Å²) in [5.74, 6) is 0.680. The van der Waals surface area contributed by atoms with Gasteiger partial charge in [0.2, 0.25) is 10.0 Å². The van der Waals surface area contributed by atoms with Gasteiger partial charge in [-0.3, -0.25) is 4.90 Å². The van der Waals surface area contributed by atoms with E-state index in [0.29, 0.717) is 17.9 Å². The number of alkyl halides is 1. The van der Waals surface area contributed by atoms with Gasteiger partial charge in [0.15, 0.2) is 0 Å². The molecule has 11 heteroatoms. The molecule has 0 spiro atoms. The van der Waals surface area contributed by atoms with Crippen molar-refractivity contribution in [2.75, 3.05) is 38.5 Å². The minimum Gasteiger partial charge on any atom is -0.479 e. The van der Waals surface area contributed by atoms with Crippen LogP contribution in [0.25, 0.3) is 21.0 Å². The Balaban J connectivity index is 1.32. The van der Waals surface area contributed by atoms with Crippen LogP contribution in [-0.2, 0) is 16.4 Å². The van der Waals surface area contributed by atoms with Crippen LogP contribution >= 0.6 is 33.9 Å². The minimum absolute atomic E-state index is 0.0438. The number of aromatic nitrogens is 1. The van der Waals surface area contributed by atoms with E-state index in [1.54, 1.807) is 11.3 Å². The summed E-state index contributed by atoms with van der Waals surface area (Å²) in [4.78, 5) is 7.87. The minimum atomic E-state index is -3.39. The maximum Gasteiger partial charge on any atom is 0.213 e. The van der Waals surface area contributed by atoms with Crippen LogP contribution < -0.4 is 14.8 Å². The number of nitriles is 1. The maximum absolute atomic E-state index is 12.9. The van der Waals surface area contributed by atoms with Crippen LogP contribution in [0.3, 0.4) is 0 Å². The van der Waals surface area contributed by atoms with Crippen LogP contribution in [0.4, 0.5) is 0 Å². The van der Waals surface area contributed by atoms with Gasteiger partial charge in [0.1, 0.15) is 20.9 Å². The van der Waals surface area contributed by atoms with Crippen molar-refractivity contribution in [3.63, 3.8) is 0 Å². The van der Waals surface area contributed by atoms with Crippen molar-refractivity contribution in [3.8, 4) is 32.8 Å². The molecule has 3 aromatic rings. The molecular weight excluding hydrogens is 633 g/mol. The fraction of sp³-hybridized carbons (Fsp3) is 0.407. The van der Waals surface area contributed by atoms with E-state index in [9.17, 15) is 13.7 Å². The van der Waals surface area contributed by atoms with Crippen LogP contribution in [0.15, 0.2) is 42.6 Å². The lowest BCUT2D eigenvalue weighted by molar-refractivity contribution is 0.253. The maximum atomic E-state index is 12.9. The van der Waals surface area contributed by atoms with Gasteiger partial charge in [-0.2, -0.15) is 5.26 Å². The van der Waals surface area contributed by atoms with Crippen molar-refractivity contribution < 1.29 is 13.2 Å². The standard InChI is InChI=1S/C27H30IN5O3S2/c1-18(28)36-25-8-5-19(15-20(25)16-29)27-31-17-26(37-27)23-4-2-3-22-21(23)6-7-24(22)32-38(34,35)14-13-33-11-9-30-10-12-33/h2-5,8,15,17-18,24,30,32H,6-7,9-14H2,1H3/t18?,24-/m0/s1. The number of thiazole rings is 1. The van der Waals surface area contributed by atoms with Crippen molar-refractivity contribution in [1.29, 1.82) is 5.26 Å². The Morgan fingerprint density at radius 1 is 1.32 bits per heavy atom. The third-order valence-corrected chi connectivity index (χ3v) is 9.58. The summed E-state index contributed by atoms with van der Waals surface area (Å²) >= 11 is 3.73. The molecule has 2 aromatic carbocycles. The van der Waals surface area contributed by atoms with E-state index in [-0.39, 0.29) is 15.9 Å². The third-order valence-electron chi connectivity index (χ3n) is 6.89. The van der Waals surface area contributed by atoms with E-state index < -0.39 is 10.0 Å². The fourth-order valence-electron chi connectivity index (χ4n) is 5.03. The number of sulfonamides is 1. The summed E-state index contributed by atoms with van der Waals surface area (Å²) < 4.78 is 34.5. The molecule has 1 aliphatic heterocycles. The lowest BCUT2D eigenvalue weighted by Gasteiger charge is -2.27. The predicted octanol–water partition coefficient (Wildman–Crippen LogP) is 4.32. The second kappa shape index (κ2) is 12.0. The molecule has 2 N–H and O–H groups in total. The van der Waals surface area contributed by atoms with Crippen LogP contribution in [0.2, 0.25) is 0 Å². The summed E-state index contributed by atoms with van der Waals surface area (Å²) in [6.07, 6.45) is 3.42. The monoisotopic (exact) mass is 663 g/mol. The molecule has 2 heterocycles. The largest absolute Gasteiger partial charge is 0.479 e. The van der Waals surface area contributed by atoms with E-state index in [1.165, 1.54) is 5.56 Å². The molecule has 1 aliphatic carbocycles. The van der Waals surface area contributed by atoms with Gasteiger partial charge >= 0.3 is 0 Å². The Morgan fingerprint density at radius 2 is 2.13 bits per heavy atom. The van der Waals surface area contributed by atoms with Crippen molar-refractivity contribution in [3.05, 3.63) is 59.3 Å². The average molecular weight is 664 g/mol. The van der Waals surface area contributed by atoms with E-state index in [4.69, 9.17) is 4.74 Å². The van der Waals surface area contributed by atoms with Crippen LogP contribution in [0.5, 0.6) is 5.75 Å². The first-order chi connectivity index (χ1) is 18.3. The number of fused-ring (bicyclic) bond motifs is 1. The zero-order valence-electron chi connectivity index (χ0n) is 21.1. The molecule has 0 amide bonds. The zero-order chi connectivity index (χ0) is 26.7. The molecule has 2 aliphatic rings. The molecule has 2 atom stereocenters. The second-order valence-corrected chi connectivity index (χ2v) is 14.2. The van der Waals surface area contributed by atoms with Crippen LogP contribution in [0, 0.1) is 11.3 Å². The van der Waals surface area contributed by atoms with Gasteiger partial charge in [-0.05, 0) is 77.2 Å². The smallest absolute Gasteiger partial charge is 0.213 e. The van der Waals surface area contributed by atoms with E-state index >= 15 is 0 Å². The highest BCUT2D eigenvalue weighted by Gasteiger charge is 2.29. The summed E-state index contributed by atoms with van der Waals surface area (Å²) in [6, 6.07) is 13.7. The quantitative estimate of drug-likeness (QED) is 0.260. The Hall–Kier alpha value is -2.08. The highest BCUT2D eigenvalue weighted by molar-refractivity contribution is 14.1. The Bertz CT molecular complexity index is 1450. The normalized spacial score (nSPS) is 18.6. The van der Waals surface area contributed by atoms with E-state index in [0.717, 1.165) is 65.6 Å². The number of halogens is 1. The van der Waals surface area contributed by atoms with Gasteiger partial charge in [0.25, 0.3) is 0 Å². The molecule has 200 valence electrons. The number of hydrogen-bond acceptors (Lipinski definition) is 8. The third kappa shape index (κ3) is 6.38. The molecule has 0 bridgehead atoms. The molecule has 1 unspecified atom stereocenters. The molecule has 1 fully saturated rings. The highest BCUT2D eigenvalue weighted by Crippen LogP contribution is 2.41. The first kappa shape index (κ1) is 27.5. The number of nitrogens with one attached hydrogen (secondary N) is 2. The SMILES string of the molecule is CC(I)Oc1ccc(-c2ncc(-c3cccc4c3CC[C@@H]4NS(=O)(=O)CCN3CCNCC3)s2)cc1C#N. The number of benzene rings is 2.